The van der Waals surface area contributed by atoms with Crippen LogP contribution in [0, 0.1) is 12.3 Å². The molecule has 0 radical (unpaired) electrons. The number of aromatic nitrogens is 1. The van der Waals surface area contributed by atoms with Crippen LogP contribution in [0.3, 0.4) is 0 Å². The van der Waals surface area contributed by atoms with Crippen molar-refractivity contribution in [2.75, 3.05) is 13.2 Å². The lowest BCUT2D eigenvalue weighted by Crippen LogP contribution is -2.29. The highest BCUT2D eigenvalue weighted by Crippen LogP contribution is 2.08. The second-order valence-electron chi connectivity index (χ2n) is 2.96. The molecule has 5 nitrogen and oxygen atoms in total. The number of nitrogens with zero attached hydrogens (tertiary/aromatic N) is 1. The van der Waals surface area contributed by atoms with Crippen LogP contribution in [0.25, 0.3) is 0 Å². The zero-order valence-corrected chi connectivity index (χ0v) is 8.77. The largest absolute Gasteiger partial charge is 0.482 e. The van der Waals surface area contributed by atoms with Gasteiger partial charge in [0.05, 0.1) is 18.4 Å². The molecule has 1 amide bonds. The molecule has 0 aliphatic carbocycles. The number of carbonyl (C=O) groups excluding carboxylic acids is 1. The molecule has 0 bridgehead atoms. The van der Waals surface area contributed by atoms with E-state index in [0.717, 1.165) is 5.69 Å². The van der Waals surface area contributed by atoms with E-state index in [0.29, 0.717) is 12.3 Å². The SMILES string of the molecule is C#CCNC(=O)COc1ccc(CN)nc1. The summed E-state index contributed by atoms with van der Waals surface area (Å²) in [7, 11) is 0. The number of hydrogen-bond acceptors (Lipinski definition) is 4. The minimum Gasteiger partial charge on any atom is -0.482 e. The first kappa shape index (κ1) is 12.0. The second kappa shape index (κ2) is 6.43. The molecule has 84 valence electrons. The van der Waals surface area contributed by atoms with Crippen LogP contribution in [0.5, 0.6) is 5.75 Å². The lowest BCUT2D eigenvalue weighted by atomic mass is 10.3. The van der Waals surface area contributed by atoms with Gasteiger partial charge in [-0.15, -0.1) is 6.42 Å². The van der Waals surface area contributed by atoms with E-state index in [-0.39, 0.29) is 19.1 Å². The standard InChI is InChI=1S/C11H13N3O2/c1-2-5-13-11(15)8-16-10-4-3-9(6-12)14-7-10/h1,3-4,7H,5-6,8,12H2,(H,13,15). The van der Waals surface area contributed by atoms with Gasteiger partial charge in [0, 0.05) is 6.54 Å². The summed E-state index contributed by atoms with van der Waals surface area (Å²) < 4.78 is 5.18. The first-order chi connectivity index (χ1) is 7.76. The Morgan fingerprint density at radius 1 is 1.62 bits per heavy atom. The van der Waals surface area contributed by atoms with Crippen molar-refractivity contribution in [3.05, 3.63) is 24.0 Å². The van der Waals surface area contributed by atoms with Crippen molar-refractivity contribution < 1.29 is 9.53 Å². The summed E-state index contributed by atoms with van der Waals surface area (Å²) in [6.07, 6.45) is 6.51. The Kier molecular flexibility index (Phi) is 4.83. The number of nitrogens with two attached hydrogens (primary N) is 1. The number of carbonyl (C=O) groups is 1. The van der Waals surface area contributed by atoms with Gasteiger partial charge in [0.25, 0.3) is 5.91 Å². The number of amides is 1. The third-order valence-corrected chi connectivity index (χ3v) is 1.76. The fraction of sp³-hybridized carbons (Fsp3) is 0.273. The van der Waals surface area contributed by atoms with Gasteiger partial charge in [0.1, 0.15) is 5.75 Å². The molecule has 0 fully saturated rings. The third-order valence-electron chi connectivity index (χ3n) is 1.76. The Balaban J connectivity index is 2.37. The molecule has 1 heterocycles. The lowest BCUT2D eigenvalue weighted by Gasteiger charge is -2.05. The number of ether oxygens (including phenoxy) is 1. The van der Waals surface area contributed by atoms with E-state index in [2.05, 4.69) is 16.2 Å². The normalized spacial score (nSPS) is 9.25. The Morgan fingerprint density at radius 3 is 3.00 bits per heavy atom. The highest BCUT2D eigenvalue weighted by Gasteiger charge is 2.01. The van der Waals surface area contributed by atoms with E-state index in [1.54, 1.807) is 12.1 Å². The minimum absolute atomic E-state index is 0.0780. The van der Waals surface area contributed by atoms with Gasteiger partial charge in [-0.25, -0.2) is 0 Å². The first-order valence-corrected chi connectivity index (χ1v) is 4.74. The lowest BCUT2D eigenvalue weighted by molar-refractivity contribution is -0.122. The van der Waals surface area contributed by atoms with Crippen molar-refractivity contribution >= 4 is 5.91 Å². The van der Waals surface area contributed by atoms with Crippen molar-refractivity contribution in [1.82, 2.24) is 10.3 Å². The number of hydrogen-bond donors (Lipinski definition) is 2. The van der Waals surface area contributed by atoms with Crippen LogP contribution in [0.1, 0.15) is 5.69 Å². The third kappa shape index (κ3) is 3.98. The molecular formula is C11H13N3O2. The molecule has 16 heavy (non-hydrogen) atoms. The van der Waals surface area contributed by atoms with Gasteiger partial charge < -0.3 is 15.8 Å². The van der Waals surface area contributed by atoms with Crippen molar-refractivity contribution in [2.24, 2.45) is 5.73 Å². The van der Waals surface area contributed by atoms with Crippen LogP contribution in [0.15, 0.2) is 18.3 Å². The molecule has 1 aromatic rings. The molecule has 5 heteroatoms. The summed E-state index contributed by atoms with van der Waals surface area (Å²) >= 11 is 0. The molecule has 0 aromatic carbocycles. The monoisotopic (exact) mass is 219 g/mol. The van der Waals surface area contributed by atoms with Crippen molar-refractivity contribution in [3.8, 4) is 18.1 Å². The predicted molar refractivity (Wildman–Crippen MR) is 59.5 cm³/mol. The Labute approximate surface area is 94.0 Å². The van der Waals surface area contributed by atoms with Crippen LogP contribution in [0.2, 0.25) is 0 Å². The summed E-state index contributed by atoms with van der Waals surface area (Å²) in [4.78, 5) is 15.1. The molecule has 0 aliphatic heterocycles. The van der Waals surface area contributed by atoms with E-state index in [4.69, 9.17) is 16.9 Å². The van der Waals surface area contributed by atoms with Crippen LogP contribution in [-0.4, -0.2) is 24.0 Å². The number of rotatable bonds is 5. The van der Waals surface area contributed by atoms with Gasteiger partial charge in [-0.2, -0.15) is 0 Å². The van der Waals surface area contributed by atoms with Crippen molar-refractivity contribution in [3.63, 3.8) is 0 Å². The molecule has 0 saturated heterocycles. The predicted octanol–water partition coefficient (Wildman–Crippen LogP) is -0.332. The second-order valence-corrected chi connectivity index (χ2v) is 2.96. The van der Waals surface area contributed by atoms with Gasteiger partial charge in [0.15, 0.2) is 6.61 Å². The van der Waals surface area contributed by atoms with Crippen LogP contribution >= 0.6 is 0 Å². The van der Waals surface area contributed by atoms with Gasteiger partial charge in [0.2, 0.25) is 0 Å². The van der Waals surface area contributed by atoms with Crippen LogP contribution in [0.4, 0.5) is 0 Å². The molecule has 1 rings (SSSR count). The maximum absolute atomic E-state index is 11.1. The molecule has 0 spiro atoms. The van der Waals surface area contributed by atoms with E-state index < -0.39 is 0 Å². The molecule has 0 unspecified atom stereocenters. The highest BCUT2D eigenvalue weighted by molar-refractivity contribution is 5.77. The summed E-state index contributed by atoms with van der Waals surface area (Å²) in [5.74, 6) is 2.56. The summed E-state index contributed by atoms with van der Waals surface area (Å²) in [5, 5.41) is 2.48. The Morgan fingerprint density at radius 2 is 2.44 bits per heavy atom. The average molecular weight is 219 g/mol. The molecule has 0 atom stereocenters. The maximum atomic E-state index is 11.1. The molecule has 1 aromatic heterocycles. The van der Waals surface area contributed by atoms with E-state index in [1.807, 2.05) is 0 Å². The fourth-order valence-corrected chi connectivity index (χ4v) is 0.967. The quantitative estimate of drug-likeness (QED) is 0.665. The number of terminal acetylenes is 1. The van der Waals surface area contributed by atoms with Gasteiger partial charge in [-0.1, -0.05) is 5.92 Å². The summed E-state index contributed by atoms with van der Waals surface area (Å²) in [6, 6.07) is 3.46. The average Bonchev–Trinajstić information content (AvgIpc) is 2.34. The summed E-state index contributed by atoms with van der Waals surface area (Å²) in [6.45, 7) is 0.501. The number of nitrogens with one attached hydrogen (secondary N) is 1. The van der Waals surface area contributed by atoms with Gasteiger partial charge >= 0.3 is 0 Å². The topological polar surface area (TPSA) is 77.2 Å². The maximum Gasteiger partial charge on any atom is 0.258 e. The fourth-order valence-electron chi connectivity index (χ4n) is 0.967. The molecular weight excluding hydrogens is 206 g/mol. The molecule has 3 N–H and O–H groups in total. The van der Waals surface area contributed by atoms with Gasteiger partial charge in [-0.05, 0) is 12.1 Å². The molecule has 0 saturated carbocycles. The molecule has 0 aliphatic rings. The van der Waals surface area contributed by atoms with Crippen molar-refractivity contribution in [1.29, 1.82) is 0 Å². The Bertz CT molecular complexity index is 381. The zero-order valence-electron chi connectivity index (χ0n) is 8.77. The van der Waals surface area contributed by atoms with E-state index >= 15 is 0 Å². The minimum atomic E-state index is -0.263. The first-order valence-electron chi connectivity index (χ1n) is 4.74. The Hall–Kier alpha value is -2.06. The highest BCUT2D eigenvalue weighted by atomic mass is 16.5. The van der Waals surface area contributed by atoms with Crippen molar-refractivity contribution in [2.45, 2.75) is 6.54 Å². The van der Waals surface area contributed by atoms with E-state index in [9.17, 15) is 4.79 Å². The smallest absolute Gasteiger partial charge is 0.258 e. The van der Waals surface area contributed by atoms with Crippen LogP contribution in [-0.2, 0) is 11.3 Å². The summed E-state index contributed by atoms with van der Waals surface area (Å²) in [5.41, 5.74) is 6.16. The van der Waals surface area contributed by atoms with Crippen LogP contribution < -0.4 is 15.8 Å². The van der Waals surface area contributed by atoms with Gasteiger partial charge in [-0.3, -0.25) is 9.78 Å². The van der Waals surface area contributed by atoms with E-state index in [1.165, 1.54) is 6.20 Å². The number of pyridine rings is 1. The zero-order chi connectivity index (χ0) is 11.8.